The average Bonchev–Trinajstić information content (AvgIpc) is 3.25. The molecule has 0 unspecified atom stereocenters. The number of carbonyl (C=O) groups is 1. The summed E-state index contributed by atoms with van der Waals surface area (Å²) in [5, 5.41) is 15.2. The van der Waals surface area contributed by atoms with Crippen LogP contribution >= 0.6 is 0 Å². The zero-order valence-electron chi connectivity index (χ0n) is 15.1. The summed E-state index contributed by atoms with van der Waals surface area (Å²) in [6.45, 7) is 5.49. The second-order valence-electron chi connectivity index (χ2n) is 6.07. The molecule has 27 heavy (non-hydrogen) atoms. The number of nitro groups is 1. The monoisotopic (exact) mass is 366 g/mol. The summed E-state index contributed by atoms with van der Waals surface area (Å²) in [4.78, 5) is 22.6. The van der Waals surface area contributed by atoms with E-state index in [-0.39, 0.29) is 16.4 Å². The van der Waals surface area contributed by atoms with Gasteiger partial charge in [-0.15, -0.1) is 0 Å². The summed E-state index contributed by atoms with van der Waals surface area (Å²) in [5.41, 5.74) is 6.30. The van der Waals surface area contributed by atoms with E-state index < -0.39 is 5.91 Å². The minimum atomic E-state index is -0.445. The Bertz CT molecular complexity index is 1030. The van der Waals surface area contributed by atoms with E-state index in [1.165, 1.54) is 12.5 Å². The second kappa shape index (κ2) is 7.28. The van der Waals surface area contributed by atoms with E-state index in [9.17, 15) is 14.9 Å². The molecular formula is C19H18N4O4. The molecule has 8 heteroatoms. The molecular weight excluding hydrogens is 348 g/mol. The molecule has 0 aliphatic carbocycles. The molecule has 1 amide bonds. The van der Waals surface area contributed by atoms with Crippen molar-refractivity contribution in [1.82, 2.24) is 9.99 Å². The molecule has 138 valence electrons. The first kappa shape index (κ1) is 18.1. The maximum absolute atomic E-state index is 11.8. The molecule has 0 spiro atoms. The van der Waals surface area contributed by atoms with Crippen LogP contribution in [0.1, 0.15) is 33.1 Å². The Morgan fingerprint density at radius 3 is 2.70 bits per heavy atom. The van der Waals surface area contributed by atoms with E-state index in [0.29, 0.717) is 11.3 Å². The molecule has 0 aliphatic heterocycles. The molecule has 0 radical (unpaired) electrons. The number of hydrogen-bond donors (Lipinski definition) is 1. The fraction of sp³-hybridized carbons (Fsp3) is 0.158. The first-order valence-electron chi connectivity index (χ1n) is 8.19. The lowest BCUT2D eigenvalue weighted by Gasteiger charge is -2.10. The van der Waals surface area contributed by atoms with Crippen molar-refractivity contribution in [3.8, 4) is 5.69 Å². The number of carbonyl (C=O) groups excluding carboxylic acids is 1. The third-order valence-electron chi connectivity index (χ3n) is 4.23. The number of amides is 1. The quantitative estimate of drug-likeness (QED) is 0.423. The van der Waals surface area contributed by atoms with Gasteiger partial charge >= 0.3 is 5.91 Å². The van der Waals surface area contributed by atoms with Crippen LogP contribution in [0.4, 0.5) is 5.69 Å². The van der Waals surface area contributed by atoms with Crippen LogP contribution in [0.3, 0.4) is 0 Å². The second-order valence-corrected chi connectivity index (χ2v) is 6.07. The molecule has 0 saturated heterocycles. The van der Waals surface area contributed by atoms with E-state index in [1.807, 2.05) is 30.5 Å². The number of aryl methyl sites for hydroxylation is 2. The summed E-state index contributed by atoms with van der Waals surface area (Å²) >= 11 is 0. The van der Waals surface area contributed by atoms with Crippen molar-refractivity contribution in [2.75, 3.05) is 0 Å². The van der Waals surface area contributed by atoms with E-state index in [0.717, 1.165) is 17.0 Å². The van der Waals surface area contributed by atoms with Gasteiger partial charge in [-0.3, -0.25) is 14.9 Å². The van der Waals surface area contributed by atoms with Crippen molar-refractivity contribution in [2.24, 2.45) is 5.10 Å². The van der Waals surface area contributed by atoms with E-state index >= 15 is 0 Å². The third kappa shape index (κ3) is 3.64. The van der Waals surface area contributed by atoms with Gasteiger partial charge in [0.15, 0.2) is 5.76 Å². The van der Waals surface area contributed by atoms with Crippen molar-refractivity contribution < 1.29 is 14.1 Å². The van der Waals surface area contributed by atoms with Crippen LogP contribution in [0.2, 0.25) is 0 Å². The smallest absolute Gasteiger partial charge is 0.307 e. The van der Waals surface area contributed by atoms with Gasteiger partial charge in [0, 0.05) is 28.6 Å². The zero-order valence-corrected chi connectivity index (χ0v) is 15.1. The molecule has 1 N–H and O–H groups in total. The number of nitro benzene ring substituents is 1. The van der Waals surface area contributed by atoms with Gasteiger partial charge in [0.2, 0.25) is 0 Å². The van der Waals surface area contributed by atoms with Gasteiger partial charge in [0.25, 0.3) is 5.69 Å². The highest BCUT2D eigenvalue weighted by molar-refractivity contribution is 5.92. The predicted octanol–water partition coefficient (Wildman–Crippen LogP) is 3.67. The van der Waals surface area contributed by atoms with Crippen molar-refractivity contribution in [3.63, 3.8) is 0 Å². The Hall–Kier alpha value is -3.68. The number of rotatable bonds is 5. The lowest BCUT2D eigenvalue weighted by Crippen LogP contribution is -2.16. The van der Waals surface area contributed by atoms with Crippen LogP contribution in [0.15, 0.2) is 52.2 Å². The van der Waals surface area contributed by atoms with Crippen LogP contribution < -0.4 is 5.43 Å². The van der Waals surface area contributed by atoms with Gasteiger partial charge in [-0.2, -0.15) is 5.10 Å². The SMILES string of the molecule is Cc1ccc(-n2c(C)cc(/C=N\NC(=O)c3ccco3)c2C)cc1[N+](=O)[O-]. The Kier molecular flexibility index (Phi) is 4.89. The van der Waals surface area contributed by atoms with Crippen LogP contribution in [0.5, 0.6) is 0 Å². The summed E-state index contributed by atoms with van der Waals surface area (Å²) in [6, 6.07) is 10.2. The van der Waals surface area contributed by atoms with Crippen LogP contribution in [0.25, 0.3) is 5.69 Å². The Balaban J connectivity index is 1.87. The maximum Gasteiger partial charge on any atom is 0.307 e. The number of aromatic nitrogens is 1. The average molecular weight is 366 g/mol. The highest BCUT2D eigenvalue weighted by Gasteiger charge is 2.15. The lowest BCUT2D eigenvalue weighted by molar-refractivity contribution is -0.385. The number of furan rings is 1. The van der Waals surface area contributed by atoms with Crippen LogP contribution in [0, 0.1) is 30.9 Å². The molecule has 0 fully saturated rings. The van der Waals surface area contributed by atoms with Gasteiger partial charge in [0.1, 0.15) is 0 Å². The maximum atomic E-state index is 11.8. The number of nitrogens with one attached hydrogen (secondary N) is 1. The molecule has 0 aliphatic rings. The first-order valence-corrected chi connectivity index (χ1v) is 8.19. The standard InChI is InChI=1S/C19H18N4O4/c1-12-6-7-16(10-17(12)23(25)26)22-13(2)9-15(14(22)3)11-20-21-19(24)18-5-4-8-27-18/h4-11H,1-3H3,(H,21,24)/b20-11-. The molecule has 0 saturated carbocycles. The van der Waals surface area contributed by atoms with Crippen LogP contribution in [-0.2, 0) is 0 Å². The molecule has 0 atom stereocenters. The predicted molar refractivity (Wildman–Crippen MR) is 100 cm³/mol. The van der Waals surface area contributed by atoms with Gasteiger partial charge in [-0.25, -0.2) is 5.43 Å². The highest BCUT2D eigenvalue weighted by atomic mass is 16.6. The van der Waals surface area contributed by atoms with Crippen molar-refractivity contribution in [1.29, 1.82) is 0 Å². The summed E-state index contributed by atoms with van der Waals surface area (Å²) < 4.78 is 6.90. The highest BCUT2D eigenvalue weighted by Crippen LogP contribution is 2.25. The normalized spacial score (nSPS) is 11.1. The number of nitrogens with zero attached hydrogens (tertiary/aromatic N) is 3. The molecule has 2 heterocycles. The zero-order chi connectivity index (χ0) is 19.6. The molecule has 2 aromatic heterocycles. The summed E-state index contributed by atoms with van der Waals surface area (Å²) in [6.07, 6.45) is 2.94. The van der Waals surface area contributed by atoms with E-state index in [2.05, 4.69) is 10.5 Å². The minimum Gasteiger partial charge on any atom is -0.459 e. The molecule has 3 rings (SSSR count). The number of hydrogen-bond acceptors (Lipinski definition) is 5. The molecule has 1 aromatic carbocycles. The first-order chi connectivity index (χ1) is 12.9. The van der Waals surface area contributed by atoms with Crippen LogP contribution in [-0.4, -0.2) is 21.6 Å². The lowest BCUT2D eigenvalue weighted by atomic mass is 10.2. The van der Waals surface area contributed by atoms with E-state index in [1.54, 1.807) is 31.2 Å². The fourth-order valence-electron chi connectivity index (χ4n) is 2.87. The Labute approximate surface area is 155 Å². The summed E-state index contributed by atoms with van der Waals surface area (Å²) in [7, 11) is 0. The Morgan fingerprint density at radius 2 is 2.04 bits per heavy atom. The number of benzene rings is 1. The molecule has 0 bridgehead atoms. The molecule has 8 nitrogen and oxygen atoms in total. The van der Waals surface area contributed by atoms with Crippen molar-refractivity contribution in [2.45, 2.75) is 20.8 Å². The Morgan fingerprint density at radius 1 is 1.26 bits per heavy atom. The minimum absolute atomic E-state index is 0.0703. The number of hydrazone groups is 1. The topological polar surface area (TPSA) is 103 Å². The third-order valence-corrected chi connectivity index (χ3v) is 4.23. The van der Waals surface area contributed by atoms with E-state index in [4.69, 9.17) is 4.42 Å². The van der Waals surface area contributed by atoms with Gasteiger partial charge < -0.3 is 8.98 Å². The van der Waals surface area contributed by atoms with Crippen molar-refractivity contribution >= 4 is 17.8 Å². The largest absolute Gasteiger partial charge is 0.459 e. The summed E-state index contributed by atoms with van der Waals surface area (Å²) in [5.74, 6) is -0.274. The molecule has 3 aromatic rings. The van der Waals surface area contributed by atoms with Gasteiger partial charge in [-0.1, -0.05) is 6.07 Å². The fourth-order valence-corrected chi connectivity index (χ4v) is 2.87. The van der Waals surface area contributed by atoms with Gasteiger partial charge in [-0.05, 0) is 45.0 Å². The van der Waals surface area contributed by atoms with Crippen molar-refractivity contribution in [3.05, 3.63) is 81.1 Å². The van der Waals surface area contributed by atoms with Gasteiger partial charge in [0.05, 0.1) is 23.1 Å².